The Labute approximate surface area is 149 Å². The summed E-state index contributed by atoms with van der Waals surface area (Å²) in [5.74, 6) is 0.275. The fourth-order valence-electron chi connectivity index (χ4n) is 2.67. The summed E-state index contributed by atoms with van der Waals surface area (Å²) in [6.45, 7) is 1.92. The first-order chi connectivity index (χ1) is 12.0. The van der Waals surface area contributed by atoms with Crippen LogP contribution in [-0.4, -0.2) is 28.5 Å². The fraction of sp³-hybridized carbons (Fsp3) is 0.278. The molecule has 0 aliphatic rings. The maximum Gasteiger partial charge on any atom is 0.307 e. The second-order valence-corrected chi connectivity index (χ2v) is 6.72. The topological polar surface area (TPSA) is 73.2 Å². The number of ether oxygens (including phenoxy) is 1. The maximum atomic E-state index is 12.7. The summed E-state index contributed by atoms with van der Waals surface area (Å²) >= 11 is 1.49. The molecule has 0 radical (unpaired) electrons. The lowest BCUT2D eigenvalue weighted by Gasteiger charge is -2.16. The number of imidazole rings is 1. The van der Waals surface area contributed by atoms with E-state index in [1.165, 1.54) is 18.4 Å². The van der Waals surface area contributed by atoms with Crippen LogP contribution in [0.2, 0.25) is 0 Å². The van der Waals surface area contributed by atoms with Gasteiger partial charge in [0.1, 0.15) is 5.82 Å². The predicted octanol–water partition coefficient (Wildman–Crippen LogP) is 2.98. The predicted molar refractivity (Wildman–Crippen MR) is 96.6 cm³/mol. The zero-order chi connectivity index (χ0) is 18.0. The standard InChI is InChI=1S/C18H19N3O3S/c1-11-19-13-9-12(6-7-15(13)21(11)2)18(23)20-14(10-17(22)24-3)16-5-4-8-25-16/h4-9,14H,10H2,1-3H3,(H,20,23)/t14-/m0/s1. The lowest BCUT2D eigenvalue weighted by molar-refractivity contribution is -0.141. The lowest BCUT2D eigenvalue weighted by Crippen LogP contribution is -2.30. The third-order valence-electron chi connectivity index (χ3n) is 4.16. The molecule has 2 aromatic heterocycles. The summed E-state index contributed by atoms with van der Waals surface area (Å²) in [5.41, 5.74) is 2.25. The molecule has 25 heavy (non-hydrogen) atoms. The Kier molecular flexibility index (Phi) is 4.85. The number of methoxy groups -OCH3 is 1. The van der Waals surface area contributed by atoms with Crippen LogP contribution in [0.25, 0.3) is 11.0 Å². The molecule has 1 N–H and O–H groups in total. The van der Waals surface area contributed by atoms with Gasteiger partial charge in [-0.15, -0.1) is 11.3 Å². The summed E-state index contributed by atoms with van der Waals surface area (Å²) in [7, 11) is 3.28. The molecule has 0 fully saturated rings. The third-order valence-corrected chi connectivity index (χ3v) is 5.14. The summed E-state index contributed by atoms with van der Waals surface area (Å²) in [4.78, 5) is 29.7. The molecule has 1 aromatic carbocycles. The van der Waals surface area contributed by atoms with Crippen molar-refractivity contribution < 1.29 is 14.3 Å². The number of esters is 1. The van der Waals surface area contributed by atoms with Crippen LogP contribution in [0, 0.1) is 6.92 Å². The van der Waals surface area contributed by atoms with Gasteiger partial charge < -0.3 is 14.6 Å². The van der Waals surface area contributed by atoms with Crippen LogP contribution in [-0.2, 0) is 16.6 Å². The molecule has 6 nitrogen and oxygen atoms in total. The number of fused-ring (bicyclic) bond motifs is 1. The first kappa shape index (κ1) is 17.2. The molecule has 0 saturated carbocycles. The SMILES string of the molecule is COC(=O)C[C@H](NC(=O)c1ccc2c(c1)nc(C)n2C)c1cccs1. The second kappa shape index (κ2) is 7.06. The number of aryl methyl sites for hydroxylation is 2. The number of nitrogens with one attached hydrogen (secondary N) is 1. The number of benzene rings is 1. The molecule has 0 saturated heterocycles. The molecule has 7 heteroatoms. The highest BCUT2D eigenvalue weighted by molar-refractivity contribution is 7.10. The Morgan fingerprint density at radius 1 is 1.36 bits per heavy atom. The van der Waals surface area contributed by atoms with Gasteiger partial charge in [0.2, 0.25) is 0 Å². The Morgan fingerprint density at radius 2 is 2.16 bits per heavy atom. The van der Waals surface area contributed by atoms with Crippen LogP contribution in [0.3, 0.4) is 0 Å². The van der Waals surface area contributed by atoms with Gasteiger partial charge in [-0.1, -0.05) is 6.07 Å². The Bertz CT molecular complexity index is 915. The zero-order valence-electron chi connectivity index (χ0n) is 14.3. The van der Waals surface area contributed by atoms with Gasteiger partial charge in [-0.2, -0.15) is 0 Å². The maximum absolute atomic E-state index is 12.7. The fourth-order valence-corrected chi connectivity index (χ4v) is 3.44. The van der Waals surface area contributed by atoms with E-state index in [2.05, 4.69) is 10.3 Å². The summed E-state index contributed by atoms with van der Waals surface area (Å²) < 4.78 is 6.72. The van der Waals surface area contributed by atoms with Crippen molar-refractivity contribution >= 4 is 34.2 Å². The van der Waals surface area contributed by atoms with Crippen LogP contribution in [0.1, 0.15) is 33.5 Å². The van der Waals surface area contributed by atoms with Gasteiger partial charge >= 0.3 is 5.97 Å². The van der Waals surface area contributed by atoms with E-state index in [9.17, 15) is 9.59 Å². The highest BCUT2D eigenvalue weighted by Crippen LogP contribution is 2.23. The van der Waals surface area contributed by atoms with E-state index in [0.717, 1.165) is 21.7 Å². The number of hydrogen-bond acceptors (Lipinski definition) is 5. The van der Waals surface area contributed by atoms with Crippen molar-refractivity contribution in [1.29, 1.82) is 0 Å². The largest absolute Gasteiger partial charge is 0.469 e. The van der Waals surface area contributed by atoms with Crippen LogP contribution in [0.4, 0.5) is 0 Å². The molecule has 2 heterocycles. The normalized spacial score (nSPS) is 12.1. The van der Waals surface area contributed by atoms with Gasteiger partial charge in [-0.05, 0) is 36.6 Å². The molecular weight excluding hydrogens is 338 g/mol. The number of carbonyl (C=O) groups excluding carboxylic acids is 2. The van der Waals surface area contributed by atoms with Crippen molar-refractivity contribution in [3.63, 3.8) is 0 Å². The molecule has 3 rings (SSSR count). The van der Waals surface area contributed by atoms with Gasteiger partial charge in [0.25, 0.3) is 5.91 Å². The first-order valence-corrected chi connectivity index (χ1v) is 8.71. The number of amides is 1. The number of hydrogen-bond donors (Lipinski definition) is 1. The van der Waals surface area contributed by atoms with Gasteiger partial charge in [0.05, 0.1) is 30.6 Å². The van der Waals surface area contributed by atoms with E-state index in [1.807, 2.05) is 42.1 Å². The minimum atomic E-state index is -0.416. The highest BCUT2D eigenvalue weighted by Gasteiger charge is 2.21. The van der Waals surface area contributed by atoms with Crippen molar-refractivity contribution in [1.82, 2.24) is 14.9 Å². The smallest absolute Gasteiger partial charge is 0.307 e. The molecule has 0 unspecified atom stereocenters. The quantitative estimate of drug-likeness (QED) is 0.713. The molecule has 0 bridgehead atoms. The van der Waals surface area contributed by atoms with Crippen LogP contribution in [0.15, 0.2) is 35.7 Å². The van der Waals surface area contributed by atoms with Crippen molar-refractivity contribution in [2.75, 3.05) is 7.11 Å². The lowest BCUT2D eigenvalue weighted by atomic mass is 10.1. The first-order valence-electron chi connectivity index (χ1n) is 7.83. The average Bonchev–Trinajstić information content (AvgIpc) is 3.23. The molecule has 1 amide bonds. The van der Waals surface area contributed by atoms with E-state index >= 15 is 0 Å². The summed E-state index contributed by atoms with van der Waals surface area (Å²) in [6, 6.07) is 8.78. The van der Waals surface area contributed by atoms with Crippen LogP contribution >= 0.6 is 11.3 Å². The van der Waals surface area contributed by atoms with E-state index < -0.39 is 6.04 Å². The molecule has 0 aliphatic carbocycles. The van der Waals surface area contributed by atoms with Gasteiger partial charge in [-0.25, -0.2) is 4.98 Å². The molecular formula is C18H19N3O3S. The van der Waals surface area contributed by atoms with Gasteiger partial charge in [-0.3, -0.25) is 9.59 Å². The highest BCUT2D eigenvalue weighted by atomic mass is 32.1. The minimum absolute atomic E-state index is 0.0910. The van der Waals surface area contributed by atoms with Crippen molar-refractivity contribution in [3.8, 4) is 0 Å². The Hall–Kier alpha value is -2.67. The summed E-state index contributed by atoms with van der Waals surface area (Å²) in [5, 5.41) is 4.83. The number of aromatic nitrogens is 2. The molecule has 3 aromatic rings. The molecule has 130 valence electrons. The molecule has 0 aliphatic heterocycles. The van der Waals surface area contributed by atoms with Crippen molar-refractivity contribution in [2.45, 2.75) is 19.4 Å². The second-order valence-electron chi connectivity index (χ2n) is 5.74. The number of rotatable bonds is 5. The minimum Gasteiger partial charge on any atom is -0.469 e. The van der Waals surface area contributed by atoms with Crippen molar-refractivity contribution in [2.24, 2.45) is 7.05 Å². The number of carbonyl (C=O) groups is 2. The molecule has 1 atom stereocenters. The Balaban J connectivity index is 1.84. The van der Waals surface area contributed by atoms with E-state index in [1.54, 1.807) is 12.1 Å². The monoisotopic (exact) mass is 357 g/mol. The number of thiophene rings is 1. The summed E-state index contributed by atoms with van der Waals surface area (Å²) in [6.07, 6.45) is 0.0910. The molecule has 0 spiro atoms. The Morgan fingerprint density at radius 3 is 2.84 bits per heavy atom. The van der Waals surface area contributed by atoms with E-state index in [4.69, 9.17) is 4.74 Å². The van der Waals surface area contributed by atoms with Crippen molar-refractivity contribution in [3.05, 3.63) is 52.0 Å². The van der Waals surface area contributed by atoms with E-state index in [0.29, 0.717) is 5.56 Å². The average molecular weight is 357 g/mol. The number of nitrogens with zero attached hydrogens (tertiary/aromatic N) is 2. The zero-order valence-corrected chi connectivity index (χ0v) is 15.1. The van der Waals surface area contributed by atoms with Crippen LogP contribution < -0.4 is 5.32 Å². The third kappa shape index (κ3) is 3.56. The van der Waals surface area contributed by atoms with Gasteiger partial charge in [0, 0.05) is 17.5 Å². The van der Waals surface area contributed by atoms with Gasteiger partial charge in [0.15, 0.2) is 0 Å². The van der Waals surface area contributed by atoms with Crippen LogP contribution in [0.5, 0.6) is 0 Å². The van der Waals surface area contributed by atoms with E-state index in [-0.39, 0.29) is 18.3 Å².